The number of carbonyl (C=O) groups is 3. The molecule has 0 aromatic carbocycles. The van der Waals surface area contributed by atoms with Gasteiger partial charge in [0.2, 0.25) is 0 Å². The van der Waals surface area contributed by atoms with E-state index < -0.39 is 6.10 Å². The molecule has 6 heteroatoms. The molecular formula is C63H104O6. The fourth-order valence-electron chi connectivity index (χ4n) is 7.41. The summed E-state index contributed by atoms with van der Waals surface area (Å²) in [7, 11) is 0. The van der Waals surface area contributed by atoms with E-state index in [-0.39, 0.29) is 37.5 Å². The summed E-state index contributed by atoms with van der Waals surface area (Å²) in [4.78, 5) is 38.1. The maximum Gasteiger partial charge on any atom is 0.306 e. The first kappa shape index (κ1) is 65.1. The van der Waals surface area contributed by atoms with Gasteiger partial charge in [0.15, 0.2) is 6.10 Å². The van der Waals surface area contributed by atoms with E-state index in [9.17, 15) is 14.4 Å². The highest BCUT2D eigenvalue weighted by Crippen LogP contribution is 2.12. The number of hydrogen-bond donors (Lipinski definition) is 0. The van der Waals surface area contributed by atoms with E-state index in [2.05, 4.69) is 130 Å². The molecule has 0 aliphatic rings. The SMILES string of the molecule is CCCCC/C=C\C/C=C\C/C=C\CCCCCCC(=O)OCC(COC(=O)CCCCCC/C=C\C/C=C\C/C=C\CCCCC)OC(=O)CCC/C=C\C/C=C\C/C=C\CCCCCCCC. The van der Waals surface area contributed by atoms with Crippen LogP contribution in [0.4, 0.5) is 0 Å². The Labute approximate surface area is 425 Å². The molecule has 0 N–H and O–H groups in total. The Morgan fingerprint density at radius 1 is 0.290 bits per heavy atom. The zero-order chi connectivity index (χ0) is 50.0. The van der Waals surface area contributed by atoms with Gasteiger partial charge in [0, 0.05) is 19.3 Å². The van der Waals surface area contributed by atoms with Crippen LogP contribution in [0.5, 0.6) is 0 Å². The van der Waals surface area contributed by atoms with Gasteiger partial charge in [0.05, 0.1) is 0 Å². The number of rotatable bonds is 50. The van der Waals surface area contributed by atoms with Crippen LogP contribution in [0.3, 0.4) is 0 Å². The highest BCUT2D eigenvalue weighted by atomic mass is 16.6. The van der Waals surface area contributed by atoms with Crippen LogP contribution in [0.1, 0.15) is 252 Å². The standard InChI is InChI=1S/C63H104O6/c1-4-7-10-13-16-19-22-25-28-31-34-37-40-43-46-49-52-55-61(64)67-58-60(69-63(66)57-54-51-48-45-42-39-36-33-30-27-24-21-18-15-12-9-6-3)59-68-62(65)56-53-50-47-44-41-38-35-32-29-26-23-20-17-14-11-8-5-2/h16-17,19-20,25-30,34-39,45,48,60H,4-15,18,21-24,31-33,40-44,46-47,49-59H2,1-3H3/b19-16-,20-17-,28-25-,29-26-,30-27-,37-34-,38-35-,39-36-,48-45-. The number of hydrogen-bond acceptors (Lipinski definition) is 6. The van der Waals surface area contributed by atoms with Crippen LogP contribution in [0.2, 0.25) is 0 Å². The number of ether oxygens (including phenoxy) is 3. The molecule has 0 aliphatic heterocycles. The molecule has 0 saturated heterocycles. The second-order valence-electron chi connectivity index (χ2n) is 18.5. The van der Waals surface area contributed by atoms with Gasteiger partial charge in [0.25, 0.3) is 0 Å². The van der Waals surface area contributed by atoms with Crippen molar-refractivity contribution in [2.45, 2.75) is 258 Å². The quantitative estimate of drug-likeness (QED) is 0.0262. The van der Waals surface area contributed by atoms with Crippen molar-refractivity contribution in [3.05, 3.63) is 109 Å². The summed E-state index contributed by atoms with van der Waals surface area (Å²) >= 11 is 0. The van der Waals surface area contributed by atoms with E-state index >= 15 is 0 Å². The lowest BCUT2D eigenvalue weighted by atomic mass is 10.1. The first-order valence-corrected chi connectivity index (χ1v) is 28.4. The lowest BCUT2D eigenvalue weighted by Crippen LogP contribution is -2.30. The molecule has 69 heavy (non-hydrogen) atoms. The van der Waals surface area contributed by atoms with Gasteiger partial charge in [-0.1, -0.05) is 214 Å². The Balaban J connectivity index is 4.56. The molecular weight excluding hydrogens is 853 g/mol. The molecule has 0 saturated carbocycles. The second kappa shape index (κ2) is 56.7. The van der Waals surface area contributed by atoms with Crippen molar-refractivity contribution in [1.82, 2.24) is 0 Å². The topological polar surface area (TPSA) is 78.9 Å². The van der Waals surface area contributed by atoms with Gasteiger partial charge in [-0.05, 0) is 128 Å². The summed E-state index contributed by atoms with van der Waals surface area (Å²) in [6.45, 7) is 6.49. The normalized spacial score (nSPS) is 12.5. The first-order valence-electron chi connectivity index (χ1n) is 28.4. The third kappa shape index (κ3) is 54.9. The molecule has 0 fully saturated rings. The fourth-order valence-corrected chi connectivity index (χ4v) is 7.41. The van der Waals surface area contributed by atoms with Crippen LogP contribution in [-0.4, -0.2) is 37.2 Å². The largest absolute Gasteiger partial charge is 0.462 e. The van der Waals surface area contributed by atoms with Crippen molar-refractivity contribution < 1.29 is 28.6 Å². The molecule has 0 rings (SSSR count). The van der Waals surface area contributed by atoms with Crippen LogP contribution in [0.25, 0.3) is 0 Å². The Hall–Kier alpha value is -3.93. The van der Waals surface area contributed by atoms with Crippen molar-refractivity contribution in [3.63, 3.8) is 0 Å². The zero-order valence-electron chi connectivity index (χ0n) is 44.8. The zero-order valence-corrected chi connectivity index (χ0v) is 44.8. The molecule has 0 atom stereocenters. The summed E-state index contributed by atoms with van der Waals surface area (Å²) in [6, 6.07) is 0. The molecule has 0 radical (unpaired) electrons. The van der Waals surface area contributed by atoms with Crippen LogP contribution in [-0.2, 0) is 28.6 Å². The van der Waals surface area contributed by atoms with E-state index in [4.69, 9.17) is 14.2 Å². The Kier molecular flexibility index (Phi) is 53.4. The van der Waals surface area contributed by atoms with Gasteiger partial charge in [-0.2, -0.15) is 0 Å². The van der Waals surface area contributed by atoms with Crippen LogP contribution in [0, 0.1) is 0 Å². The van der Waals surface area contributed by atoms with Gasteiger partial charge in [-0.15, -0.1) is 0 Å². The first-order chi connectivity index (χ1) is 34.0. The number of carbonyl (C=O) groups excluding carboxylic acids is 3. The molecule has 0 unspecified atom stereocenters. The molecule has 0 spiro atoms. The van der Waals surface area contributed by atoms with Gasteiger partial charge in [-0.25, -0.2) is 0 Å². The number of unbranched alkanes of at least 4 members (excludes halogenated alkanes) is 21. The summed E-state index contributed by atoms with van der Waals surface area (Å²) in [5.41, 5.74) is 0. The van der Waals surface area contributed by atoms with Crippen molar-refractivity contribution in [1.29, 1.82) is 0 Å². The Morgan fingerprint density at radius 2 is 0.536 bits per heavy atom. The molecule has 0 amide bonds. The number of esters is 3. The summed E-state index contributed by atoms with van der Waals surface area (Å²) < 4.78 is 16.8. The Bertz CT molecular complexity index is 1350. The van der Waals surface area contributed by atoms with Crippen molar-refractivity contribution in [2.75, 3.05) is 13.2 Å². The monoisotopic (exact) mass is 957 g/mol. The van der Waals surface area contributed by atoms with Gasteiger partial charge in [0.1, 0.15) is 13.2 Å². The van der Waals surface area contributed by atoms with Gasteiger partial charge < -0.3 is 14.2 Å². The summed E-state index contributed by atoms with van der Waals surface area (Å²) in [5, 5.41) is 0. The van der Waals surface area contributed by atoms with Crippen molar-refractivity contribution >= 4 is 17.9 Å². The predicted octanol–water partition coefficient (Wildman–Crippen LogP) is 19.1. The Morgan fingerprint density at radius 3 is 0.884 bits per heavy atom. The molecule has 392 valence electrons. The lowest BCUT2D eigenvalue weighted by molar-refractivity contribution is -0.167. The smallest absolute Gasteiger partial charge is 0.306 e. The van der Waals surface area contributed by atoms with E-state index in [1.54, 1.807) is 0 Å². The molecule has 0 aliphatic carbocycles. The minimum absolute atomic E-state index is 0.119. The fraction of sp³-hybridized carbons (Fsp3) is 0.667. The predicted molar refractivity (Wildman–Crippen MR) is 297 cm³/mol. The summed E-state index contributed by atoms with van der Waals surface area (Å²) in [5.74, 6) is -1.01. The van der Waals surface area contributed by atoms with Crippen LogP contribution < -0.4 is 0 Å². The minimum Gasteiger partial charge on any atom is -0.462 e. The maximum absolute atomic E-state index is 12.8. The van der Waals surface area contributed by atoms with E-state index in [1.807, 2.05) is 0 Å². The van der Waals surface area contributed by atoms with Crippen molar-refractivity contribution in [3.8, 4) is 0 Å². The minimum atomic E-state index is -0.826. The third-order valence-corrected chi connectivity index (χ3v) is 11.7. The number of allylic oxidation sites excluding steroid dienone is 18. The second-order valence-corrected chi connectivity index (χ2v) is 18.5. The van der Waals surface area contributed by atoms with Crippen molar-refractivity contribution in [2.24, 2.45) is 0 Å². The molecule has 0 heterocycles. The van der Waals surface area contributed by atoms with E-state index in [1.165, 1.54) is 96.3 Å². The molecule has 0 aromatic heterocycles. The maximum atomic E-state index is 12.8. The average Bonchev–Trinajstić information content (AvgIpc) is 3.35. The third-order valence-electron chi connectivity index (χ3n) is 11.7. The van der Waals surface area contributed by atoms with Gasteiger partial charge >= 0.3 is 17.9 Å². The summed E-state index contributed by atoms with van der Waals surface area (Å²) in [6.07, 6.45) is 76.5. The van der Waals surface area contributed by atoms with Crippen LogP contribution >= 0.6 is 0 Å². The van der Waals surface area contributed by atoms with Crippen LogP contribution in [0.15, 0.2) is 109 Å². The highest BCUT2D eigenvalue weighted by Gasteiger charge is 2.19. The van der Waals surface area contributed by atoms with E-state index in [0.717, 1.165) is 109 Å². The van der Waals surface area contributed by atoms with Gasteiger partial charge in [-0.3, -0.25) is 14.4 Å². The van der Waals surface area contributed by atoms with E-state index in [0.29, 0.717) is 19.3 Å². The average molecular weight is 958 g/mol. The molecule has 6 nitrogen and oxygen atoms in total. The lowest BCUT2D eigenvalue weighted by Gasteiger charge is -2.18. The molecule has 0 bridgehead atoms. The molecule has 0 aromatic rings. The highest BCUT2D eigenvalue weighted by molar-refractivity contribution is 5.71.